The van der Waals surface area contributed by atoms with Gasteiger partial charge in [-0.2, -0.15) is 0 Å². The van der Waals surface area contributed by atoms with E-state index in [1.54, 1.807) is 0 Å². The number of furan rings is 1. The molecule has 1 unspecified atom stereocenters. The summed E-state index contributed by atoms with van der Waals surface area (Å²) in [7, 11) is -0.975. The van der Waals surface area contributed by atoms with Crippen LogP contribution in [0.15, 0.2) is 45.7 Å². The molecule has 1 aromatic heterocycles. The van der Waals surface area contributed by atoms with Crippen molar-refractivity contribution in [2.45, 2.75) is 49.2 Å². The molecule has 0 aliphatic heterocycles. The summed E-state index contributed by atoms with van der Waals surface area (Å²) in [4.78, 5) is 0.929. The molecule has 1 aliphatic carbocycles. The lowest BCUT2D eigenvalue weighted by atomic mass is 10.0. The average molecular weight is 312 g/mol. The summed E-state index contributed by atoms with van der Waals surface area (Å²) in [6.07, 6.45) is 5.83. The highest BCUT2D eigenvalue weighted by molar-refractivity contribution is 7.86. The van der Waals surface area contributed by atoms with Crippen LogP contribution in [0.2, 0.25) is 0 Å². The Bertz CT molecular complexity index is 856. The number of hydrogen-bond acceptors (Lipinski definition) is 2. The third-order valence-electron chi connectivity index (χ3n) is 4.76. The molecule has 1 fully saturated rings. The van der Waals surface area contributed by atoms with Crippen LogP contribution < -0.4 is 0 Å². The van der Waals surface area contributed by atoms with Crippen LogP contribution in [0.4, 0.5) is 0 Å². The van der Waals surface area contributed by atoms with Crippen LogP contribution in [0.1, 0.15) is 37.9 Å². The molecule has 2 aromatic carbocycles. The van der Waals surface area contributed by atoms with Crippen LogP contribution in [-0.4, -0.2) is 9.46 Å². The monoisotopic (exact) mass is 312 g/mol. The SMILES string of the molecule is Cc1oc2ccc3ccccc3c2c1S(=O)C1CCCCC1. The number of aryl methyl sites for hydroxylation is 1. The van der Waals surface area contributed by atoms with Crippen molar-refractivity contribution >= 4 is 32.5 Å². The molecule has 0 bridgehead atoms. The Balaban J connectivity index is 1.94. The van der Waals surface area contributed by atoms with Gasteiger partial charge in [-0.3, -0.25) is 4.21 Å². The van der Waals surface area contributed by atoms with Crippen molar-refractivity contribution in [3.63, 3.8) is 0 Å². The Morgan fingerprint density at radius 2 is 1.82 bits per heavy atom. The maximum Gasteiger partial charge on any atom is 0.136 e. The first kappa shape index (κ1) is 14.0. The molecule has 3 heteroatoms. The molecule has 4 rings (SSSR count). The van der Waals surface area contributed by atoms with Crippen LogP contribution in [0, 0.1) is 6.92 Å². The topological polar surface area (TPSA) is 30.2 Å². The molecule has 22 heavy (non-hydrogen) atoms. The van der Waals surface area contributed by atoms with Crippen LogP contribution in [0.5, 0.6) is 0 Å². The summed E-state index contributed by atoms with van der Waals surface area (Å²) in [5.41, 5.74) is 0.857. The summed E-state index contributed by atoms with van der Waals surface area (Å²) in [5.74, 6) is 0.815. The van der Waals surface area contributed by atoms with Gasteiger partial charge in [-0.25, -0.2) is 0 Å². The van der Waals surface area contributed by atoms with E-state index >= 15 is 0 Å². The van der Waals surface area contributed by atoms with Crippen molar-refractivity contribution < 1.29 is 8.63 Å². The van der Waals surface area contributed by atoms with Crippen LogP contribution in [0.25, 0.3) is 21.7 Å². The number of benzene rings is 2. The van der Waals surface area contributed by atoms with Gasteiger partial charge in [0, 0.05) is 10.6 Å². The number of fused-ring (bicyclic) bond motifs is 3. The van der Waals surface area contributed by atoms with Crippen LogP contribution in [-0.2, 0) is 10.8 Å². The quantitative estimate of drug-likeness (QED) is 0.640. The van der Waals surface area contributed by atoms with E-state index in [1.165, 1.54) is 24.6 Å². The van der Waals surface area contributed by atoms with Crippen molar-refractivity contribution in [3.8, 4) is 0 Å². The van der Waals surface area contributed by atoms with Gasteiger partial charge in [-0.15, -0.1) is 0 Å². The molecule has 114 valence electrons. The van der Waals surface area contributed by atoms with Gasteiger partial charge in [0.05, 0.1) is 15.7 Å². The smallest absolute Gasteiger partial charge is 0.136 e. The van der Waals surface area contributed by atoms with Gasteiger partial charge >= 0.3 is 0 Å². The molecule has 0 saturated heterocycles. The summed E-state index contributed by atoms with van der Waals surface area (Å²) < 4.78 is 19.1. The second kappa shape index (κ2) is 5.54. The largest absolute Gasteiger partial charge is 0.460 e. The van der Waals surface area contributed by atoms with Gasteiger partial charge < -0.3 is 4.42 Å². The molecule has 0 spiro atoms. The van der Waals surface area contributed by atoms with E-state index in [0.717, 1.165) is 39.9 Å². The lowest BCUT2D eigenvalue weighted by Gasteiger charge is -2.20. The first-order valence-electron chi connectivity index (χ1n) is 8.07. The molecule has 0 N–H and O–H groups in total. The van der Waals surface area contributed by atoms with E-state index < -0.39 is 10.8 Å². The van der Waals surface area contributed by atoms with Crippen molar-refractivity contribution in [3.05, 3.63) is 42.2 Å². The van der Waals surface area contributed by atoms with Crippen LogP contribution in [0.3, 0.4) is 0 Å². The second-order valence-corrected chi connectivity index (χ2v) is 7.87. The van der Waals surface area contributed by atoms with Crippen LogP contribution >= 0.6 is 0 Å². The lowest BCUT2D eigenvalue weighted by molar-refractivity contribution is 0.503. The van der Waals surface area contributed by atoms with Gasteiger partial charge in [-0.1, -0.05) is 49.6 Å². The Morgan fingerprint density at radius 1 is 1.05 bits per heavy atom. The fourth-order valence-corrected chi connectivity index (χ4v) is 5.48. The van der Waals surface area contributed by atoms with Crippen molar-refractivity contribution in [1.29, 1.82) is 0 Å². The van der Waals surface area contributed by atoms with E-state index in [2.05, 4.69) is 18.2 Å². The Labute approximate surface area is 133 Å². The molecule has 0 radical (unpaired) electrons. The molecule has 1 atom stereocenters. The Hall–Kier alpha value is -1.61. The van der Waals surface area contributed by atoms with Gasteiger partial charge in [0.25, 0.3) is 0 Å². The predicted molar refractivity (Wildman–Crippen MR) is 91.7 cm³/mol. The average Bonchev–Trinajstić information content (AvgIpc) is 2.91. The van der Waals surface area contributed by atoms with E-state index in [1.807, 2.05) is 25.1 Å². The van der Waals surface area contributed by atoms with E-state index in [0.29, 0.717) is 0 Å². The summed E-state index contributed by atoms with van der Waals surface area (Å²) in [6.45, 7) is 1.95. The second-order valence-electron chi connectivity index (χ2n) is 6.20. The summed E-state index contributed by atoms with van der Waals surface area (Å²) in [6, 6.07) is 12.4. The third kappa shape index (κ3) is 2.19. The van der Waals surface area contributed by atoms with Gasteiger partial charge in [0.2, 0.25) is 0 Å². The first-order valence-corrected chi connectivity index (χ1v) is 9.28. The number of hydrogen-bond donors (Lipinski definition) is 0. The van der Waals surface area contributed by atoms with Gasteiger partial charge in [0.1, 0.15) is 11.3 Å². The van der Waals surface area contributed by atoms with Crippen molar-refractivity contribution in [1.82, 2.24) is 0 Å². The molecular formula is C19H20O2S. The molecule has 2 nitrogen and oxygen atoms in total. The first-order chi connectivity index (χ1) is 10.8. The summed E-state index contributed by atoms with van der Waals surface area (Å²) >= 11 is 0. The normalized spacial score (nSPS) is 18.0. The zero-order valence-corrected chi connectivity index (χ0v) is 13.6. The maximum atomic E-state index is 13.2. The Morgan fingerprint density at radius 3 is 2.64 bits per heavy atom. The van der Waals surface area contributed by atoms with Gasteiger partial charge in [-0.05, 0) is 36.6 Å². The highest BCUT2D eigenvalue weighted by atomic mass is 32.2. The fourth-order valence-electron chi connectivity index (χ4n) is 3.65. The van der Waals surface area contributed by atoms with Crippen molar-refractivity contribution in [2.24, 2.45) is 0 Å². The highest BCUT2D eigenvalue weighted by Gasteiger charge is 2.26. The third-order valence-corrected chi connectivity index (χ3v) is 6.73. The molecule has 1 aliphatic rings. The van der Waals surface area contributed by atoms with E-state index in [4.69, 9.17) is 4.42 Å². The van der Waals surface area contributed by atoms with Crippen molar-refractivity contribution in [2.75, 3.05) is 0 Å². The fraction of sp³-hybridized carbons (Fsp3) is 0.368. The molecular weight excluding hydrogens is 292 g/mol. The van der Waals surface area contributed by atoms with E-state index in [-0.39, 0.29) is 5.25 Å². The highest BCUT2D eigenvalue weighted by Crippen LogP contribution is 2.37. The minimum Gasteiger partial charge on any atom is -0.460 e. The predicted octanol–water partition coefficient (Wildman–Crippen LogP) is 5.33. The molecule has 3 aromatic rings. The lowest BCUT2D eigenvalue weighted by Crippen LogP contribution is -2.19. The minimum atomic E-state index is -0.975. The minimum absolute atomic E-state index is 0.284. The maximum absolute atomic E-state index is 13.2. The molecule has 1 saturated carbocycles. The zero-order chi connectivity index (χ0) is 15.1. The Kier molecular flexibility index (Phi) is 3.53. The standard InChI is InChI=1S/C19H20O2S/c1-13-19(22(20)15-8-3-2-4-9-15)18-16-10-6-5-7-14(16)11-12-17(18)21-13/h5-7,10-12,15H,2-4,8-9H2,1H3. The van der Waals surface area contributed by atoms with Gasteiger partial charge in [0.15, 0.2) is 0 Å². The molecule has 0 amide bonds. The van der Waals surface area contributed by atoms with E-state index in [9.17, 15) is 4.21 Å². The summed E-state index contributed by atoms with van der Waals surface area (Å²) in [5, 5.41) is 3.67. The molecule has 1 heterocycles. The number of rotatable bonds is 2. The zero-order valence-electron chi connectivity index (χ0n) is 12.8.